The number of amides is 2. The second-order valence-corrected chi connectivity index (χ2v) is 8.66. The molecule has 9 nitrogen and oxygen atoms in total. The molecule has 0 fully saturated rings. The second-order valence-electron chi connectivity index (χ2n) is 8.66. The zero-order valence-corrected chi connectivity index (χ0v) is 18.7. The van der Waals surface area contributed by atoms with Crippen molar-refractivity contribution < 1.29 is 23.9 Å². The first-order chi connectivity index (χ1) is 14.6. The number of hydrogen-bond donors (Lipinski definition) is 0. The summed E-state index contributed by atoms with van der Waals surface area (Å²) in [6.07, 6.45) is 0.158. The first-order valence-electron chi connectivity index (χ1n) is 10.1. The van der Waals surface area contributed by atoms with E-state index in [9.17, 15) is 14.4 Å². The molecule has 0 atom stereocenters. The fourth-order valence-electron chi connectivity index (χ4n) is 3.28. The van der Waals surface area contributed by atoms with Crippen LogP contribution in [-0.2, 0) is 22.6 Å². The molecule has 1 aliphatic rings. The number of aromatic nitrogens is 2. The topological polar surface area (TPSA) is 94.0 Å². The number of benzene rings is 1. The monoisotopic (exact) mass is 428 g/mol. The first kappa shape index (κ1) is 22.3. The van der Waals surface area contributed by atoms with Gasteiger partial charge in [0.25, 0.3) is 0 Å². The zero-order valence-electron chi connectivity index (χ0n) is 18.7. The molecular weight excluding hydrogens is 400 g/mol. The van der Waals surface area contributed by atoms with Gasteiger partial charge < -0.3 is 9.47 Å². The van der Waals surface area contributed by atoms with Crippen LogP contribution >= 0.6 is 0 Å². The average Bonchev–Trinajstić information content (AvgIpc) is 3.28. The summed E-state index contributed by atoms with van der Waals surface area (Å²) in [4.78, 5) is 40.3. The van der Waals surface area contributed by atoms with Gasteiger partial charge in [-0.1, -0.05) is 13.8 Å². The molecule has 0 radical (unpaired) electrons. The van der Waals surface area contributed by atoms with Gasteiger partial charge in [-0.2, -0.15) is 0 Å². The van der Waals surface area contributed by atoms with E-state index in [1.165, 1.54) is 14.5 Å². The van der Waals surface area contributed by atoms with Crippen LogP contribution in [-0.4, -0.2) is 45.8 Å². The van der Waals surface area contributed by atoms with E-state index in [4.69, 9.17) is 9.47 Å². The minimum Gasteiger partial charge on any atom is -0.497 e. The third kappa shape index (κ3) is 4.55. The Kier molecular flexibility index (Phi) is 6.06. The highest BCUT2D eigenvalue weighted by Crippen LogP contribution is 2.35. The molecule has 9 heteroatoms. The van der Waals surface area contributed by atoms with Gasteiger partial charge in [0, 0.05) is 11.5 Å². The fourth-order valence-corrected chi connectivity index (χ4v) is 3.28. The Balaban J connectivity index is 2.02. The first-order valence-corrected chi connectivity index (χ1v) is 10.1. The molecule has 166 valence electrons. The third-order valence-corrected chi connectivity index (χ3v) is 4.80. The van der Waals surface area contributed by atoms with Crippen LogP contribution in [0.1, 0.15) is 50.7 Å². The number of fused-ring (bicyclic) bond motifs is 1. The molecule has 0 N–H and O–H groups in total. The predicted octanol–water partition coefficient (Wildman–Crippen LogP) is 3.73. The molecule has 1 aliphatic heterocycles. The van der Waals surface area contributed by atoms with Gasteiger partial charge in [-0.15, -0.1) is 5.10 Å². The van der Waals surface area contributed by atoms with E-state index in [0.29, 0.717) is 34.9 Å². The van der Waals surface area contributed by atoms with Crippen LogP contribution in [0.2, 0.25) is 0 Å². The maximum Gasteiger partial charge on any atom is 0.410 e. The summed E-state index contributed by atoms with van der Waals surface area (Å²) >= 11 is 0. The van der Waals surface area contributed by atoms with Crippen molar-refractivity contribution in [1.29, 1.82) is 0 Å². The third-order valence-electron chi connectivity index (χ3n) is 4.80. The van der Waals surface area contributed by atoms with E-state index in [-0.39, 0.29) is 24.9 Å². The summed E-state index contributed by atoms with van der Waals surface area (Å²) in [6.45, 7) is 9.29. The van der Waals surface area contributed by atoms with Gasteiger partial charge in [0.2, 0.25) is 12.3 Å². The van der Waals surface area contributed by atoms with E-state index >= 15 is 0 Å². The van der Waals surface area contributed by atoms with E-state index in [0.717, 1.165) is 0 Å². The predicted molar refractivity (Wildman–Crippen MR) is 114 cm³/mol. The van der Waals surface area contributed by atoms with E-state index < -0.39 is 11.7 Å². The molecule has 3 rings (SSSR count). The van der Waals surface area contributed by atoms with Crippen molar-refractivity contribution in [2.45, 2.75) is 53.3 Å². The summed E-state index contributed by atoms with van der Waals surface area (Å²) < 4.78 is 12.0. The maximum atomic E-state index is 12.8. The molecule has 2 amide bonds. The van der Waals surface area contributed by atoms with Gasteiger partial charge in [0.05, 0.1) is 31.6 Å². The molecule has 0 spiro atoms. The number of ether oxygens (including phenoxy) is 2. The highest BCUT2D eigenvalue weighted by Gasteiger charge is 2.36. The minimum atomic E-state index is -0.646. The van der Waals surface area contributed by atoms with Crippen LogP contribution in [0.4, 0.5) is 16.3 Å². The van der Waals surface area contributed by atoms with Crippen LogP contribution in [0.25, 0.3) is 0 Å². The summed E-state index contributed by atoms with van der Waals surface area (Å²) in [5.41, 5.74) is 1.14. The van der Waals surface area contributed by atoms with Gasteiger partial charge in [-0.3, -0.25) is 19.4 Å². The van der Waals surface area contributed by atoms with Gasteiger partial charge in [0.15, 0.2) is 5.82 Å². The van der Waals surface area contributed by atoms with Crippen molar-refractivity contribution in [3.63, 3.8) is 0 Å². The SMILES string of the molecule is COc1ccc(N(C=O)c2nn(C(=O)C(C)C)c3c2CN(C(=O)OC(C)(C)C)C3)cc1. The normalized spacial score (nSPS) is 13.2. The van der Waals surface area contributed by atoms with Crippen LogP contribution in [0.15, 0.2) is 24.3 Å². The van der Waals surface area contributed by atoms with E-state index in [2.05, 4.69) is 5.10 Å². The fraction of sp³-hybridized carbons (Fsp3) is 0.455. The number of anilines is 2. The Bertz CT molecular complexity index is 989. The van der Waals surface area contributed by atoms with Crippen molar-refractivity contribution in [1.82, 2.24) is 14.7 Å². The average molecular weight is 428 g/mol. The minimum absolute atomic E-state index is 0.172. The van der Waals surface area contributed by atoms with Crippen molar-refractivity contribution in [3.8, 4) is 5.75 Å². The molecule has 31 heavy (non-hydrogen) atoms. The van der Waals surface area contributed by atoms with Gasteiger partial charge >= 0.3 is 6.09 Å². The molecular formula is C22H28N4O5. The number of hydrogen-bond acceptors (Lipinski definition) is 6. The van der Waals surface area contributed by atoms with Crippen LogP contribution in [0, 0.1) is 5.92 Å². The number of methoxy groups -OCH3 is 1. The smallest absolute Gasteiger partial charge is 0.410 e. The van der Waals surface area contributed by atoms with E-state index in [1.807, 2.05) is 0 Å². The number of rotatable bonds is 5. The molecule has 0 unspecified atom stereocenters. The lowest BCUT2D eigenvalue weighted by Gasteiger charge is -2.24. The number of carbonyl (C=O) groups is 3. The van der Waals surface area contributed by atoms with Gasteiger partial charge in [-0.25, -0.2) is 9.48 Å². The van der Waals surface area contributed by atoms with Crippen LogP contribution < -0.4 is 9.64 Å². The van der Waals surface area contributed by atoms with Crippen LogP contribution in [0.5, 0.6) is 5.75 Å². The highest BCUT2D eigenvalue weighted by atomic mass is 16.6. The molecule has 0 aliphatic carbocycles. The Morgan fingerprint density at radius 3 is 2.32 bits per heavy atom. The van der Waals surface area contributed by atoms with Crippen molar-refractivity contribution in [2.75, 3.05) is 12.0 Å². The van der Waals surface area contributed by atoms with Crippen molar-refractivity contribution >= 4 is 29.9 Å². The molecule has 1 aromatic carbocycles. The Labute approximate surface area is 181 Å². The summed E-state index contributed by atoms with van der Waals surface area (Å²) in [5, 5.41) is 4.46. The van der Waals surface area contributed by atoms with Gasteiger partial charge in [0.1, 0.15) is 11.4 Å². The molecule has 0 saturated carbocycles. The Morgan fingerprint density at radius 1 is 1.16 bits per heavy atom. The lowest BCUT2D eigenvalue weighted by Crippen LogP contribution is -2.34. The Hall–Kier alpha value is -3.36. The zero-order chi connectivity index (χ0) is 22.9. The van der Waals surface area contributed by atoms with Crippen molar-refractivity contribution in [2.24, 2.45) is 5.92 Å². The van der Waals surface area contributed by atoms with Gasteiger partial charge in [-0.05, 0) is 45.0 Å². The maximum absolute atomic E-state index is 12.8. The Morgan fingerprint density at radius 2 is 1.81 bits per heavy atom. The lowest BCUT2D eigenvalue weighted by atomic mass is 10.2. The standard InChI is InChI=1S/C22H28N4O5/c1-14(2)20(28)26-18-12-24(21(29)31-22(3,4)5)11-17(18)19(23-26)25(13-27)15-7-9-16(30-6)10-8-15/h7-10,13-14H,11-12H2,1-6H3. The molecule has 0 saturated heterocycles. The molecule has 1 aromatic heterocycles. The summed E-state index contributed by atoms with van der Waals surface area (Å²) in [6, 6.07) is 6.91. The molecule has 0 bridgehead atoms. The summed E-state index contributed by atoms with van der Waals surface area (Å²) in [7, 11) is 1.56. The largest absolute Gasteiger partial charge is 0.497 e. The number of carbonyl (C=O) groups excluding carboxylic acids is 3. The molecule has 2 aromatic rings. The second kappa shape index (κ2) is 8.41. The quantitative estimate of drug-likeness (QED) is 0.674. The van der Waals surface area contributed by atoms with Crippen molar-refractivity contribution in [3.05, 3.63) is 35.5 Å². The highest BCUT2D eigenvalue weighted by molar-refractivity contribution is 5.89. The lowest BCUT2D eigenvalue weighted by molar-refractivity contribution is -0.106. The molecule has 2 heterocycles. The summed E-state index contributed by atoms with van der Waals surface area (Å²) in [5.74, 6) is 0.443. The van der Waals surface area contributed by atoms with Crippen LogP contribution in [0.3, 0.4) is 0 Å². The van der Waals surface area contributed by atoms with E-state index in [1.54, 1.807) is 66.0 Å². The number of nitrogens with zero attached hydrogens (tertiary/aromatic N) is 4.